The van der Waals surface area contributed by atoms with Crippen molar-refractivity contribution in [2.45, 2.75) is 64.4 Å². The van der Waals surface area contributed by atoms with E-state index in [1.807, 2.05) is 19.1 Å². The van der Waals surface area contributed by atoms with Crippen molar-refractivity contribution in [3.8, 4) is 0 Å². The van der Waals surface area contributed by atoms with Gasteiger partial charge in [0, 0.05) is 37.6 Å². The van der Waals surface area contributed by atoms with E-state index in [4.69, 9.17) is 10.5 Å². The zero-order valence-electron chi connectivity index (χ0n) is 24.1. The van der Waals surface area contributed by atoms with E-state index < -0.39 is 47.5 Å². The number of ketones is 1. The number of carbonyl (C=O) groups is 6. The molecule has 12 nitrogen and oxygen atoms in total. The summed E-state index contributed by atoms with van der Waals surface area (Å²) in [5.41, 5.74) is 6.63. The predicted octanol–water partition coefficient (Wildman–Crippen LogP) is 1.82. The van der Waals surface area contributed by atoms with E-state index in [9.17, 15) is 28.8 Å². The van der Waals surface area contributed by atoms with Gasteiger partial charge >= 0.3 is 6.03 Å². The maximum absolute atomic E-state index is 13.4. The monoisotopic (exact) mass is 591 g/mol. The number of nitrogens with one attached hydrogen (secondary N) is 3. The number of primary amides is 1. The van der Waals surface area contributed by atoms with Crippen molar-refractivity contribution in [3.63, 3.8) is 0 Å². The minimum atomic E-state index is -0.927. The van der Waals surface area contributed by atoms with Gasteiger partial charge in [0.15, 0.2) is 5.78 Å². The SMILES string of the molecule is CCOCc1ccc(NC(=O)[C@H](CCCNC(N)=O)CC(=O)[C@@H](NC(=O)CN2C(=O)CC(SC)C2=O)C(C)C)cc1. The number of benzene rings is 1. The summed E-state index contributed by atoms with van der Waals surface area (Å²) < 4.78 is 5.39. The summed E-state index contributed by atoms with van der Waals surface area (Å²) >= 11 is 1.25. The van der Waals surface area contributed by atoms with Crippen LogP contribution in [0, 0.1) is 11.8 Å². The van der Waals surface area contributed by atoms with Gasteiger partial charge in [-0.3, -0.25) is 28.9 Å². The number of Topliss-reactive ketones (excluding diaryl/α,β-unsaturated/α-hetero) is 1. The molecule has 3 atom stereocenters. The lowest BCUT2D eigenvalue weighted by Crippen LogP contribution is -2.49. The molecule has 0 radical (unpaired) electrons. The number of hydrogen-bond acceptors (Lipinski definition) is 8. The van der Waals surface area contributed by atoms with Crippen molar-refractivity contribution in [2.24, 2.45) is 17.6 Å². The van der Waals surface area contributed by atoms with Crippen molar-refractivity contribution in [1.82, 2.24) is 15.5 Å². The van der Waals surface area contributed by atoms with Crippen molar-refractivity contribution in [2.75, 3.05) is 31.3 Å². The number of hydrogen-bond donors (Lipinski definition) is 4. The average Bonchev–Trinajstić information content (AvgIpc) is 3.20. The van der Waals surface area contributed by atoms with E-state index in [1.54, 1.807) is 32.2 Å². The Morgan fingerprint density at radius 1 is 1.15 bits per heavy atom. The van der Waals surface area contributed by atoms with E-state index in [0.29, 0.717) is 25.3 Å². The second kappa shape index (κ2) is 16.7. The Morgan fingerprint density at radius 2 is 1.83 bits per heavy atom. The summed E-state index contributed by atoms with van der Waals surface area (Å²) in [6.07, 6.45) is 2.28. The highest BCUT2D eigenvalue weighted by atomic mass is 32.2. The standard InChI is InChI=1S/C28H41N5O7S/c1-5-40-16-18-8-10-20(11-9-18)31-26(37)19(7-6-12-30-28(29)39)13-21(34)25(17(2)3)32-23(35)15-33-24(36)14-22(41-4)27(33)38/h8-11,17,19,22,25H,5-7,12-16H2,1-4H3,(H,31,37)(H,32,35)(H3,29,30,39)/t19-,22?,25+/m1/s1. The van der Waals surface area contributed by atoms with Gasteiger partial charge in [-0.15, -0.1) is 0 Å². The van der Waals surface area contributed by atoms with Crippen LogP contribution in [-0.4, -0.2) is 77.6 Å². The predicted molar refractivity (Wildman–Crippen MR) is 156 cm³/mol. The van der Waals surface area contributed by atoms with Crippen molar-refractivity contribution in [1.29, 1.82) is 0 Å². The molecule has 0 aromatic heterocycles. The van der Waals surface area contributed by atoms with Gasteiger partial charge in [0.1, 0.15) is 6.54 Å². The number of anilines is 1. The molecule has 1 aliphatic heterocycles. The van der Waals surface area contributed by atoms with Crippen LogP contribution in [0.5, 0.6) is 0 Å². The molecule has 1 aliphatic rings. The lowest BCUT2D eigenvalue weighted by atomic mass is 9.89. The minimum Gasteiger partial charge on any atom is -0.377 e. The van der Waals surface area contributed by atoms with Gasteiger partial charge in [-0.1, -0.05) is 26.0 Å². The molecule has 0 bridgehead atoms. The van der Waals surface area contributed by atoms with Crippen LogP contribution in [0.15, 0.2) is 24.3 Å². The lowest BCUT2D eigenvalue weighted by Gasteiger charge is -2.25. The fourth-order valence-electron chi connectivity index (χ4n) is 4.39. The Labute approximate surface area is 244 Å². The third-order valence-electron chi connectivity index (χ3n) is 6.66. The van der Waals surface area contributed by atoms with E-state index in [1.165, 1.54) is 11.8 Å². The largest absolute Gasteiger partial charge is 0.377 e. The third-order valence-corrected chi connectivity index (χ3v) is 7.60. The van der Waals surface area contributed by atoms with Gasteiger partial charge < -0.3 is 26.4 Å². The Morgan fingerprint density at radius 3 is 2.39 bits per heavy atom. The number of imide groups is 1. The zero-order valence-corrected chi connectivity index (χ0v) is 24.9. The molecule has 0 spiro atoms. The highest BCUT2D eigenvalue weighted by Gasteiger charge is 2.39. The van der Waals surface area contributed by atoms with Gasteiger partial charge in [0.05, 0.1) is 17.9 Å². The number of amides is 6. The van der Waals surface area contributed by atoms with Gasteiger partial charge in [-0.25, -0.2) is 4.79 Å². The molecular formula is C28H41N5O7S. The summed E-state index contributed by atoms with van der Waals surface area (Å²) in [5, 5.41) is 7.46. The van der Waals surface area contributed by atoms with E-state index in [2.05, 4.69) is 16.0 Å². The van der Waals surface area contributed by atoms with Crippen LogP contribution in [0.25, 0.3) is 0 Å². The van der Waals surface area contributed by atoms with Crippen LogP contribution in [0.4, 0.5) is 10.5 Å². The molecule has 1 saturated heterocycles. The number of likely N-dealkylation sites (tertiary alicyclic amines) is 1. The number of carbonyl (C=O) groups excluding carboxylic acids is 6. The summed E-state index contributed by atoms with van der Waals surface area (Å²) in [7, 11) is 0. The summed E-state index contributed by atoms with van der Waals surface area (Å²) in [6.45, 7) is 6.23. The van der Waals surface area contributed by atoms with Crippen molar-refractivity contribution in [3.05, 3.63) is 29.8 Å². The Bertz CT molecular complexity index is 1100. The normalized spacial score (nSPS) is 16.4. The Kier molecular flexibility index (Phi) is 13.8. The molecule has 5 N–H and O–H groups in total. The molecule has 13 heteroatoms. The molecule has 0 saturated carbocycles. The molecule has 0 aliphatic carbocycles. The molecule has 1 unspecified atom stereocenters. The maximum Gasteiger partial charge on any atom is 0.312 e. The highest BCUT2D eigenvalue weighted by molar-refractivity contribution is 8.00. The van der Waals surface area contributed by atoms with Crippen LogP contribution >= 0.6 is 11.8 Å². The number of urea groups is 1. The van der Waals surface area contributed by atoms with E-state index in [0.717, 1.165) is 10.5 Å². The van der Waals surface area contributed by atoms with Crippen LogP contribution in [0.3, 0.4) is 0 Å². The van der Waals surface area contributed by atoms with Crippen molar-refractivity contribution >= 4 is 52.9 Å². The number of ether oxygens (including phenoxy) is 1. The van der Waals surface area contributed by atoms with Crippen LogP contribution in [0.2, 0.25) is 0 Å². The number of nitrogens with zero attached hydrogens (tertiary/aromatic N) is 1. The maximum atomic E-state index is 13.4. The second-order valence-corrected chi connectivity index (χ2v) is 11.2. The van der Waals surface area contributed by atoms with Gasteiger partial charge in [-0.05, 0) is 49.6 Å². The molecule has 1 heterocycles. The first-order chi connectivity index (χ1) is 19.5. The van der Waals surface area contributed by atoms with Gasteiger partial charge in [0.25, 0.3) is 0 Å². The van der Waals surface area contributed by atoms with Gasteiger partial charge in [-0.2, -0.15) is 11.8 Å². The Balaban J connectivity index is 2.08. The third kappa shape index (κ3) is 10.8. The quantitative estimate of drug-likeness (QED) is 0.157. The lowest BCUT2D eigenvalue weighted by molar-refractivity contribution is -0.142. The van der Waals surface area contributed by atoms with E-state index >= 15 is 0 Å². The van der Waals surface area contributed by atoms with Crippen LogP contribution in [0.1, 0.15) is 52.0 Å². The van der Waals surface area contributed by atoms with Crippen LogP contribution in [-0.2, 0) is 35.3 Å². The molecule has 1 aromatic rings. The van der Waals surface area contributed by atoms with Gasteiger partial charge in [0.2, 0.25) is 23.6 Å². The smallest absolute Gasteiger partial charge is 0.312 e. The van der Waals surface area contributed by atoms with Crippen LogP contribution < -0.4 is 21.7 Å². The molecule has 1 aromatic carbocycles. The number of nitrogens with two attached hydrogens (primary N) is 1. The summed E-state index contributed by atoms with van der Waals surface area (Å²) in [5.74, 6) is -3.26. The molecule has 2 rings (SSSR count). The van der Waals surface area contributed by atoms with Crippen molar-refractivity contribution < 1.29 is 33.5 Å². The first-order valence-corrected chi connectivity index (χ1v) is 14.9. The molecule has 6 amide bonds. The van der Waals surface area contributed by atoms with E-state index in [-0.39, 0.29) is 43.4 Å². The second-order valence-electron chi connectivity index (χ2n) is 10.2. The number of rotatable bonds is 17. The zero-order chi connectivity index (χ0) is 30.5. The molecule has 1 fully saturated rings. The minimum absolute atomic E-state index is 0.0382. The first-order valence-electron chi connectivity index (χ1n) is 13.7. The first kappa shape index (κ1) is 33.8. The highest BCUT2D eigenvalue weighted by Crippen LogP contribution is 2.23. The summed E-state index contributed by atoms with van der Waals surface area (Å²) in [6, 6.07) is 5.56. The Hall–Kier alpha value is -3.45. The molecule has 226 valence electrons. The average molecular weight is 592 g/mol. The fourth-order valence-corrected chi connectivity index (χ4v) is 5.03. The molecular weight excluding hydrogens is 550 g/mol. The summed E-state index contributed by atoms with van der Waals surface area (Å²) in [4.78, 5) is 76.0. The number of thioether (sulfide) groups is 1. The fraction of sp³-hybridized carbons (Fsp3) is 0.571. The topological polar surface area (TPSA) is 177 Å². The molecule has 41 heavy (non-hydrogen) atoms.